The summed E-state index contributed by atoms with van der Waals surface area (Å²) >= 11 is 2.67. The highest BCUT2D eigenvalue weighted by Crippen LogP contribution is 2.69. The van der Waals surface area contributed by atoms with Gasteiger partial charge in [-0.15, -0.1) is 11.8 Å². The third-order valence-electron chi connectivity index (χ3n) is 8.36. The van der Waals surface area contributed by atoms with Crippen LogP contribution in [0.1, 0.15) is 29.7 Å². The van der Waals surface area contributed by atoms with Crippen LogP contribution < -0.4 is 14.3 Å². The highest BCUT2D eigenvalue weighted by atomic mass is 32.2. The van der Waals surface area contributed by atoms with Crippen molar-refractivity contribution in [2.75, 3.05) is 14.2 Å². The number of carbonyl (C=O) groups excluding carboxylic acids is 2. The fourth-order valence-electron chi connectivity index (χ4n) is 7.00. The molecule has 6 rings (SSSR count). The number of amides is 2. The largest absolute Gasteiger partial charge is 0.502 e. The number of likely N-dealkylation sites (tertiary alicyclic amines) is 1. The van der Waals surface area contributed by atoms with E-state index >= 15 is 0 Å². The Labute approximate surface area is 213 Å². The average Bonchev–Trinajstić information content (AvgIpc) is 3.57. The molecule has 4 aliphatic rings. The van der Waals surface area contributed by atoms with Crippen LogP contribution in [-0.2, 0) is 14.4 Å². The lowest BCUT2D eigenvalue weighted by Crippen LogP contribution is -2.44. The molecule has 36 heavy (non-hydrogen) atoms. The number of methoxy groups -OCH3 is 2. The number of thioether (sulfide) groups is 1. The van der Waals surface area contributed by atoms with Crippen molar-refractivity contribution in [3.05, 3.63) is 32.2 Å². The molecule has 3 N–H and O–H groups in total. The maximum atomic E-state index is 13.5. The summed E-state index contributed by atoms with van der Waals surface area (Å²) in [6, 6.07) is 2.24. The first-order valence-corrected chi connectivity index (χ1v) is 13.3. The monoisotopic (exact) mass is 532 g/mol. The minimum absolute atomic E-state index is 0.0402. The normalized spacial score (nSPS) is 32.8. The van der Waals surface area contributed by atoms with Crippen molar-refractivity contribution in [1.82, 2.24) is 9.88 Å². The molecule has 1 aromatic heterocycles. The molecule has 8 atom stereocenters. The summed E-state index contributed by atoms with van der Waals surface area (Å²) in [6.07, 6.45) is 0.687. The van der Waals surface area contributed by atoms with Gasteiger partial charge in [-0.05, 0) is 48.8 Å². The number of nitrogens with zero attached hydrogens (tertiary/aromatic N) is 1. The smallest absolute Gasteiger partial charge is 0.326 e. The minimum Gasteiger partial charge on any atom is -0.502 e. The minimum atomic E-state index is -1.22. The first kappa shape index (κ1) is 23.4. The highest BCUT2D eigenvalue weighted by molar-refractivity contribution is 8.00. The van der Waals surface area contributed by atoms with Gasteiger partial charge in [0, 0.05) is 16.0 Å². The SMILES string of the molecule is COc1cc([C@H]2c3sc(=O)[nH]c3S[C@@H]3[C@H]4C[C@@H]([C@@H]5C(=O)N([C@H](C)C(=O)O)C(=O)[C@H]45)[C@@H]23)cc(OC)c1O. The summed E-state index contributed by atoms with van der Waals surface area (Å²) < 4.78 is 10.8. The van der Waals surface area contributed by atoms with Gasteiger partial charge in [0.1, 0.15) is 6.04 Å². The standard InChI is InChI=1S/C24H24N2O8S2/c1-7(23(30)31)26-21(28)15-9-6-10(16(15)22(26)29)18-14(9)13(19-20(35-18)25-24(32)36-19)8-4-11(33-2)17(27)12(5-8)34-3/h4-5,7,9-10,13-16,18,27H,6H2,1-3H3,(H,25,32)(H,30,31)/t7-,9-,10+,13-,14+,15+,16-,18-/m1/s1. The molecule has 190 valence electrons. The van der Waals surface area contributed by atoms with Crippen LogP contribution in [-0.4, -0.2) is 63.4 Å². The van der Waals surface area contributed by atoms with E-state index in [0.717, 1.165) is 31.7 Å². The Balaban J connectivity index is 1.48. The molecule has 2 aliphatic carbocycles. The summed E-state index contributed by atoms with van der Waals surface area (Å²) in [7, 11) is 2.89. The number of rotatable bonds is 5. The maximum absolute atomic E-state index is 13.5. The lowest BCUT2D eigenvalue weighted by molar-refractivity contribution is -0.154. The van der Waals surface area contributed by atoms with Gasteiger partial charge in [0.25, 0.3) is 0 Å². The number of fused-ring (bicyclic) bond motifs is 9. The maximum Gasteiger partial charge on any atom is 0.326 e. The van der Waals surface area contributed by atoms with E-state index in [-0.39, 0.29) is 51.0 Å². The van der Waals surface area contributed by atoms with Crippen LogP contribution in [0.4, 0.5) is 0 Å². The fourth-order valence-corrected chi connectivity index (χ4v) is 9.89. The number of carboxylic acids is 1. The zero-order valence-corrected chi connectivity index (χ0v) is 21.2. The van der Waals surface area contributed by atoms with Gasteiger partial charge in [-0.2, -0.15) is 0 Å². The predicted molar refractivity (Wildman–Crippen MR) is 129 cm³/mol. The molecule has 2 aromatic rings. The molecule has 2 amide bonds. The van der Waals surface area contributed by atoms with E-state index in [4.69, 9.17) is 9.47 Å². The van der Waals surface area contributed by atoms with E-state index in [2.05, 4.69) is 4.98 Å². The number of imide groups is 1. The third kappa shape index (κ3) is 2.97. The number of benzene rings is 1. The lowest BCUT2D eigenvalue weighted by atomic mass is 9.68. The van der Waals surface area contributed by atoms with Crippen molar-refractivity contribution in [2.24, 2.45) is 29.6 Å². The van der Waals surface area contributed by atoms with Gasteiger partial charge in [-0.1, -0.05) is 11.3 Å². The van der Waals surface area contributed by atoms with Gasteiger partial charge in [-0.25, -0.2) is 4.79 Å². The number of carbonyl (C=O) groups is 3. The van der Waals surface area contributed by atoms with Crippen LogP contribution in [0.25, 0.3) is 0 Å². The summed E-state index contributed by atoms with van der Waals surface area (Å²) in [6.45, 7) is 1.36. The number of phenols is 1. The Morgan fingerprint density at radius 3 is 2.31 bits per heavy atom. The van der Waals surface area contributed by atoms with Gasteiger partial charge in [-0.3, -0.25) is 19.3 Å². The van der Waals surface area contributed by atoms with Gasteiger partial charge >= 0.3 is 10.8 Å². The van der Waals surface area contributed by atoms with E-state index in [9.17, 15) is 29.4 Å². The molecule has 0 spiro atoms. The Hall–Kier alpha value is -2.99. The molecule has 10 nitrogen and oxygen atoms in total. The molecule has 0 radical (unpaired) electrons. The number of H-pyrrole nitrogens is 1. The Morgan fingerprint density at radius 2 is 1.72 bits per heavy atom. The van der Waals surface area contributed by atoms with Crippen molar-refractivity contribution in [3.8, 4) is 17.2 Å². The molecule has 12 heteroatoms. The second kappa shape index (κ2) is 8.01. The first-order valence-electron chi connectivity index (χ1n) is 11.6. The summed E-state index contributed by atoms with van der Waals surface area (Å²) in [5, 5.41) is 20.7. The second-order valence-corrected chi connectivity index (χ2v) is 12.0. The van der Waals surface area contributed by atoms with E-state index in [0.29, 0.717) is 6.42 Å². The van der Waals surface area contributed by atoms with E-state index in [1.54, 1.807) is 23.9 Å². The molecular formula is C24H24N2O8S2. The molecule has 0 unspecified atom stereocenters. The van der Waals surface area contributed by atoms with Crippen LogP contribution in [0.5, 0.6) is 17.2 Å². The highest BCUT2D eigenvalue weighted by Gasteiger charge is 2.70. The molecule has 2 bridgehead atoms. The summed E-state index contributed by atoms with van der Waals surface area (Å²) in [5.74, 6) is -3.44. The molecule has 1 aromatic carbocycles. The number of aromatic nitrogens is 1. The van der Waals surface area contributed by atoms with Gasteiger partial charge in [0.2, 0.25) is 17.6 Å². The van der Waals surface area contributed by atoms with Crippen LogP contribution in [0, 0.1) is 29.6 Å². The molecule has 1 saturated heterocycles. The van der Waals surface area contributed by atoms with Crippen LogP contribution in [0.15, 0.2) is 22.0 Å². The molecule has 2 aliphatic heterocycles. The second-order valence-electron chi connectivity index (χ2n) is 9.80. The number of phenolic OH excluding ortho intramolecular Hbond substituents is 1. The number of hydrogen-bond acceptors (Lipinski definition) is 9. The molecule has 3 fully saturated rings. The van der Waals surface area contributed by atoms with Gasteiger partial charge < -0.3 is 24.7 Å². The van der Waals surface area contributed by atoms with Crippen molar-refractivity contribution in [2.45, 2.75) is 35.6 Å². The lowest BCUT2D eigenvalue weighted by Gasteiger charge is -2.43. The Bertz CT molecular complexity index is 1340. The summed E-state index contributed by atoms with van der Waals surface area (Å²) in [5.41, 5.74) is 0.782. The van der Waals surface area contributed by atoms with E-state index in [1.807, 2.05) is 0 Å². The van der Waals surface area contributed by atoms with E-state index < -0.39 is 35.7 Å². The van der Waals surface area contributed by atoms with Gasteiger partial charge in [0.05, 0.1) is 31.1 Å². The molecular weight excluding hydrogens is 508 g/mol. The number of aliphatic carboxylic acids is 1. The zero-order chi connectivity index (χ0) is 25.6. The Morgan fingerprint density at radius 1 is 1.11 bits per heavy atom. The van der Waals surface area contributed by atoms with E-state index in [1.165, 1.54) is 21.1 Å². The average molecular weight is 533 g/mol. The number of hydrogen-bond donors (Lipinski definition) is 3. The Kier molecular flexibility index (Phi) is 5.21. The van der Waals surface area contributed by atoms with Crippen LogP contribution >= 0.6 is 23.1 Å². The van der Waals surface area contributed by atoms with Crippen molar-refractivity contribution < 1.29 is 34.1 Å². The van der Waals surface area contributed by atoms with Crippen molar-refractivity contribution >= 4 is 40.9 Å². The number of aromatic amines is 1. The molecule has 2 saturated carbocycles. The fraction of sp³-hybridized carbons (Fsp3) is 0.500. The van der Waals surface area contributed by atoms with Crippen LogP contribution in [0.2, 0.25) is 0 Å². The van der Waals surface area contributed by atoms with Crippen molar-refractivity contribution in [3.63, 3.8) is 0 Å². The zero-order valence-electron chi connectivity index (χ0n) is 19.6. The first-order chi connectivity index (χ1) is 17.2. The number of aromatic hydroxyl groups is 1. The quantitative estimate of drug-likeness (QED) is 0.493. The van der Waals surface area contributed by atoms with Crippen LogP contribution in [0.3, 0.4) is 0 Å². The number of nitrogens with one attached hydrogen (secondary N) is 1. The summed E-state index contributed by atoms with van der Waals surface area (Å²) in [4.78, 5) is 55.4. The van der Waals surface area contributed by atoms with Crippen molar-refractivity contribution in [1.29, 1.82) is 0 Å². The number of carboxylic acid groups (broad SMARTS) is 1. The predicted octanol–water partition coefficient (Wildman–Crippen LogP) is 2.11. The number of thiazole rings is 1. The van der Waals surface area contributed by atoms with Gasteiger partial charge in [0.15, 0.2) is 11.5 Å². The number of ether oxygens (including phenoxy) is 2. The molecule has 3 heterocycles. The topological polar surface area (TPSA) is 146 Å². The third-order valence-corrected chi connectivity index (χ3v) is 11.0.